The van der Waals surface area contributed by atoms with Gasteiger partial charge < -0.3 is 4.74 Å². The predicted molar refractivity (Wildman–Crippen MR) is 60.7 cm³/mol. The quantitative estimate of drug-likeness (QED) is 0.281. The lowest BCUT2D eigenvalue weighted by molar-refractivity contribution is 0.224. The van der Waals surface area contributed by atoms with Crippen molar-refractivity contribution in [2.45, 2.75) is 20.8 Å². The predicted octanol–water partition coefficient (Wildman–Crippen LogP) is 2.89. The first-order valence-corrected chi connectivity index (χ1v) is 4.56. The largest absolute Gasteiger partial charge is 0.497 e. The standard InChI is InChI=1S/C11H18N2O/c1-6-10(4)13(12-7-2)9-11(5)14-8-3/h6-7,9H,1,4,8H2,2-3,5H3/b11-9+,12-7-. The van der Waals surface area contributed by atoms with Gasteiger partial charge in [-0.3, -0.25) is 0 Å². The minimum atomic E-state index is 0.645. The number of ether oxygens (including phenoxy) is 1. The van der Waals surface area contributed by atoms with Gasteiger partial charge in [0, 0.05) is 6.21 Å². The van der Waals surface area contributed by atoms with Crippen LogP contribution in [0.15, 0.2) is 42.0 Å². The fraction of sp³-hybridized carbons (Fsp3) is 0.364. The van der Waals surface area contributed by atoms with Crippen molar-refractivity contribution in [3.05, 3.63) is 36.9 Å². The zero-order chi connectivity index (χ0) is 11.0. The molecule has 0 unspecified atom stereocenters. The van der Waals surface area contributed by atoms with Crippen LogP contribution < -0.4 is 0 Å². The monoisotopic (exact) mass is 194 g/mol. The lowest BCUT2D eigenvalue weighted by Gasteiger charge is -2.15. The van der Waals surface area contributed by atoms with E-state index in [0.29, 0.717) is 12.3 Å². The summed E-state index contributed by atoms with van der Waals surface area (Å²) in [5, 5.41) is 5.72. The second-order valence-corrected chi connectivity index (χ2v) is 2.59. The Labute approximate surface area is 86.1 Å². The van der Waals surface area contributed by atoms with Crippen molar-refractivity contribution in [3.8, 4) is 0 Å². The lowest BCUT2D eigenvalue weighted by atomic mass is 10.4. The van der Waals surface area contributed by atoms with Gasteiger partial charge in [0.05, 0.1) is 18.5 Å². The van der Waals surface area contributed by atoms with E-state index in [-0.39, 0.29) is 0 Å². The Morgan fingerprint density at radius 3 is 2.64 bits per heavy atom. The molecule has 0 aliphatic heterocycles. The first-order chi connectivity index (χ1) is 6.65. The minimum absolute atomic E-state index is 0.645. The molecule has 3 nitrogen and oxygen atoms in total. The van der Waals surface area contributed by atoms with E-state index < -0.39 is 0 Å². The number of hydrogen-bond acceptors (Lipinski definition) is 3. The second-order valence-electron chi connectivity index (χ2n) is 2.59. The summed E-state index contributed by atoms with van der Waals surface area (Å²) >= 11 is 0. The minimum Gasteiger partial charge on any atom is -0.497 e. The van der Waals surface area contributed by atoms with Crippen LogP contribution in [0.5, 0.6) is 0 Å². The van der Waals surface area contributed by atoms with Gasteiger partial charge in [-0.2, -0.15) is 5.10 Å². The Morgan fingerprint density at radius 2 is 2.21 bits per heavy atom. The highest BCUT2D eigenvalue weighted by molar-refractivity contribution is 5.53. The fourth-order valence-corrected chi connectivity index (χ4v) is 0.845. The SMILES string of the molecule is C=CC(=C)N(/C=C(\C)OCC)/N=C\C. The Kier molecular flexibility index (Phi) is 6.20. The van der Waals surface area contributed by atoms with Crippen LogP contribution in [0.1, 0.15) is 20.8 Å². The summed E-state index contributed by atoms with van der Waals surface area (Å²) in [5.74, 6) is 0.793. The van der Waals surface area contributed by atoms with Gasteiger partial charge in [0.25, 0.3) is 0 Å². The normalized spacial score (nSPS) is 11.5. The molecule has 0 saturated heterocycles. The van der Waals surface area contributed by atoms with Crippen molar-refractivity contribution in [2.75, 3.05) is 6.61 Å². The third-order valence-corrected chi connectivity index (χ3v) is 1.45. The highest BCUT2D eigenvalue weighted by Gasteiger charge is 1.99. The summed E-state index contributed by atoms with van der Waals surface area (Å²) in [6.45, 7) is 13.7. The van der Waals surface area contributed by atoms with Crippen LogP contribution in [0.2, 0.25) is 0 Å². The summed E-state index contributed by atoms with van der Waals surface area (Å²) in [7, 11) is 0. The molecular formula is C11H18N2O. The molecule has 3 heteroatoms. The smallest absolute Gasteiger partial charge is 0.111 e. The van der Waals surface area contributed by atoms with E-state index in [0.717, 1.165) is 5.76 Å². The Morgan fingerprint density at radius 1 is 1.57 bits per heavy atom. The van der Waals surface area contributed by atoms with Crippen molar-refractivity contribution in [1.29, 1.82) is 0 Å². The number of hydrogen-bond donors (Lipinski definition) is 0. The van der Waals surface area contributed by atoms with Crippen LogP contribution in [0, 0.1) is 0 Å². The molecule has 0 atom stereocenters. The Balaban J connectivity index is 4.58. The zero-order valence-corrected chi connectivity index (χ0v) is 9.16. The van der Waals surface area contributed by atoms with Gasteiger partial charge in [-0.05, 0) is 26.8 Å². The van der Waals surface area contributed by atoms with Crippen LogP contribution in [0.4, 0.5) is 0 Å². The first-order valence-electron chi connectivity index (χ1n) is 4.56. The number of allylic oxidation sites excluding steroid dienone is 2. The molecule has 0 amide bonds. The van der Waals surface area contributed by atoms with Crippen molar-refractivity contribution in [3.63, 3.8) is 0 Å². The highest BCUT2D eigenvalue weighted by Crippen LogP contribution is 2.07. The zero-order valence-electron chi connectivity index (χ0n) is 9.16. The van der Waals surface area contributed by atoms with Gasteiger partial charge in [-0.15, -0.1) is 0 Å². The second kappa shape index (κ2) is 6.95. The fourth-order valence-electron chi connectivity index (χ4n) is 0.845. The molecule has 0 aromatic carbocycles. The number of rotatable bonds is 6. The van der Waals surface area contributed by atoms with Crippen LogP contribution >= 0.6 is 0 Å². The lowest BCUT2D eigenvalue weighted by Crippen LogP contribution is -2.08. The third kappa shape index (κ3) is 4.50. The van der Waals surface area contributed by atoms with E-state index in [1.54, 1.807) is 23.5 Å². The molecule has 0 radical (unpaired) electrons. The van der Waals surface area contributed by atoms with E-state index in [1.165, 1.54) is 0 Å². The van der Waals surface area contributed by atoms with Crippen molar-refractivity contribution < 1.29 is 4.74 Å². The van der Waals surface area contributed by atoms with E-state index in [4.69, 9.17) is 4.74 Å². The molecule has 0 spiro atoms. The maximum Gasteiger partial charge on any atom is 0.111 e. The highest BCUT2D eigenvalue weighted by atomic mass is 16.5. The number of nitrogens with zero attached hydrogens (tertiary/aromatic N) is 2. The molecule has 0 rings (SSSR count). The van der Waals surface area contributed by atoms with Crippen LogP contribution in [0.3, 0.4) is 0 Å². The molecule has 14 heavy (non-hydrogen) atoms. The summed E-state index contributed by atoms with van der Waals surface area (Å²) in [5.41, 5.74) is 0.710. The molecule has 0 saturated carbocycles. The summed E-state index contributed by atoms with van der Waals surface area (Å²) < 4.78 is 5.28. The van der Waals surface area contributed by atoms with Gasteiger partial charge in [0.15, 0.2) is 0 Å². The Hall–Kier alpha value is -1.51. The summed E-state index contributed by atoms with van der Waals surface area (Å²) in [6.07, 6.45) is 5.10. The van der Waals surface area contributed by atoms with Crippen molar-refractivity contribution >= 4 is 6.21 Å². The topological polar surface area (TPSA) is 24.8 Å². The van der Waals surface area contributed by atoms with E-state index in [9.17, 15) is 0 Å². The molecule has 0 aliphatic rings. The average Bonchev–Trinajstić information content (AvgIpc) is 2.16. The first kappa shape index (κ1) is 12.5. The molecule has 0 N–H and O–H groups in total. The van der Waals surface area contributed by atoms with Crippen LogP contribution in [-0.2, 0) is 4.74 Å². The van der Waals surface area contributed by atoms with Gasteiger partial charge in [-0.1, -0.05) is 13.2 Å². The third-order valence-electron chi connectivity index (χ3n) is 1.45. The van der Waals surface area contributed by atoms with E-state index in [1.807, 2.05) is 20.8 Å². The maximum absolute atomic E-state index is 5.28. The maximum atomic E-state index is 5.28. The molecule has 0 fully saturated rings. The summed E-state index contributed by atoms with van der Waals surface area (Å²) in [4.78, 5) is 0. The molecule has 0 aromatic heterocycles. The van der Waals surface area contributed by atoms with Gasteiger partial charge >= 0.3 is 0 Å². The molecule has 0 heterocycles. The molecule has 78 valence electrons. The Bertz CT molecular complexity index is 254. The van der Waals surface area contributed by atoms with Crippen molar-refractivity contribution in [1.82, 2.24) is 5.01 Å². The van der Waals surface area contributed by atoms with E-state index >= 15 is 0 Å². The van der Waals surface area contributed by atoms with Gasteiger partial charge in [0.1, 0.15) is 5.76 Å². The van der Waals surface area contributed by atoms with Gasteiger partial charge in [0.2, 0.25) is 0 Å². The molecule has 0 bridgehead atoms. The van der Waals surface area contributed by atoms with Crippen LogP contribution in [-0.4, -0.2) is 17.8 Å². The molecule has 0 aromatic rings. The van der Waals surface area contributed by atoms with Gasteiger partial charge in [-0.25, -0.2) is 5.01 Å². The molecule has 0 aliphatic carbocycles. The number of hydrazone groups is 1. The van der Waals surface area contributed by atoms with E-state index in [2.05, 4.69) is 18.3 Å². The summed E-state index contributed by atoms with van der Waals surface area (Å²) in [6, 6.07) is 0. The average molecular weight is 194 g/mol. The van der Waals surface area contributed by atoms with Crippen molar-refractivity contribution in [2.24, 2.45) is 5.10 Å². The van der Waals surface area contributed by atoms with Crippen LogP contribution in [0.25, 0.3) is 0 Å². The molecular weight excluding hydrogens is 176 g/mol.